The van der Waals surface area contributed by atoms with Crippen molar-refractivity contribution in [1.82, 2.24) is 14.7 Å². The van der Waals surface area contributed by atoms with E-state index in [0.29, 0.717) is 11.4 Å². The predicted octanol–water partition coefficient (Wildman–Crippen LogP) is 0.243. The van der Waals surface area contributed by atoms with E-state index in [-0.39, 0.29) is 56.9 Å². The number of nitrogens with one attached hydrogen (secondary N) is 2. The molecule has 0 aliphatic carbocycles. The zero-order chi connectivity index (χ0) is 20.3. The molecule has 0 unspecified atom stereocenters. The quantitative estimate of drug-likeness (QED) is 0.361. The topological polar surface area (TPSA) is 137 Å². The Kier molecular flexibility index (Phi) is 7.65. The maximum atomic E-state index is 12.6. The minimum absolute atomic E-state index is 0. The van der Waals surface area contributed by atoms with Gasteiger partial charge in [-0.3, -0.25) is 5.32 Å². The molecule has 0 bridgehead atoms. The third-order valence-electron chi connectivity index (χ3n) is 3.71. The average Bonchev–Trinajstić information content (AvgIpc) is 2.56. The summed E-state index contributed by atoms with van der Waals surface area (Å²) in [6, 6.07) is 6.09. The normalized spacial score (nSPS) is 13.6. The number of anilines is 1. The molecule has 0 spiro atoms. The molecule has 1 fully saturated rings. The van der Waals surface area contributed by atoms with E-state index in [1.807, 2.05) is 4.72 Å². The van der Waals surface area contributed by atoms with E-state index in [1.54, 1.807) is 19.9 Å². The number of aryl methyl sites for hydroxylation is 2. The fraction of sp³-hybridized carbons (Fsp3) is 0.294. The number of rotatable bonds is 5. The van der Waals surface area contributed by atoms with E-state index in [9.17, 15) is 18.0 Å². The Morgan fingerprint density at radius 1 is 1.14 bits per heavy atom. The average molecular weight is 616 g/mol. The molecule has 12 heteroatoms. The third-order valence-corrected chi connectivity index (χ3v) is 5.10. The molecule has 154 valence electrons. The van der Waals surface area contributed by atoms with Crippen molar-refractivity contribution < 1.29 is 27.5 Å². The van der Waals surface area contributed by atoms with Crippen molar-refractivity contribution in [2.24, 2.45) is 0 Å². The summed E-state index contributed by atoms with van der Waals surface area (Å²) in [6.45, 7) is 3.95. The van der Waals surface area contributed by atoms with E-state index >= 15 is 0 Å². The van der Waals surface area contributed by atoms with Crippen molar-refractivity contribution in [3.8, 4) is 0 Å². The van der Waals surface area contributed by atoms with Crippen LogP contribution in [0.5, 0.6) is 0 Å². The summed E-state index contributed by atoms with van der Waals surface area (Å²) in [5.41, 5.74) is 1.04. The van der Waals surface area contributed by atoms with E-state index < -0.39 is 28.1 Å². The van der Waals surface area contributed by atoms with E-state index in [1.165, 1.54) is 24.3 Å². The maximum absolute atomic E-state index is 12.6. The van der Waals surface area contributed by atoms with E-state index in [0.717, 1.165) is 0 Å². The van der Waals surface area contributed by atoms with Crippen molar-refractivity contribution in [3.05, 3.63) is 47.3 Å². The summed E-state index contributed by atoms with van der Waals surface area (Å²) < 4.78 is 37.2. The summed E-state index contributed by atoms with van der Waals surface area (Å²) in [7, 11) is -4.35. The third kappa shape index (κ3) is 5.93. The molecule has 1 aromatic carbocycles. The second-order valence-corrected chi connectivity index (χ2v) is 7.75. The number of benzene rings is 1. The van der Waals surface area contributed by atoms with Gasteiger partial charge in [0.15, 0.2) is 0 Å². The van der Waals surface area contributed by atoms with Gasteiger partial charge in [0.05, 0.1) is 18.8 Å². The first-order valence-corrected chi connectivity index (χ1v) is 9.77. The number of hydrogen-bond donors (Lipinski definition) is 2. The van der Waals surface area contributed by atoms with Gasteiger partial charge in [0.1, 0.15) is 11.0 Å². The molecule has 0 saturated carbocycles. The minimum atomic E-state index is -4.35. The monoisotopic (exact) mass is 616 g/mol. The van der Waals surface area contributed by atoms with Crippen LogP contribution in [0.15, 0.2) is 35.2 Å². The summed E-state index contributed by atoms with van der Waals surface area (Å²) in [5, 5.41) is 2.26. The summed E-state index contributed by atoms with van der Waals surface area (Å²) in [4.78, 5) is 32.0. The van der Waals surface area contributed by atoms with E-state index in [4.69, 9.17) is 9.47 Å². The predicted molar refractivity (Wildman–Crippen MR) is 106 cm³/mol. The van der Waals surface area contributed by atoms with Crippen LogP contribution < -0.4 is 10.0 Å². The zero-order valence-electron chi connectivity index (χ0n) is 15.8. The van der Waals surface area contributed by atoms with Crippen LogP contribution in [0, 0.1) is 13.8 Å². The molecule has 1 aliphatic heterocycles. The number of urea groups is 1. The van der Waals surface area contributed by atoms with Crippen LogP contribution >= 0.6 is 0 Å². The fourth-order valence-electron chi connectivity index (χ4n) is 2.45. The number of aromatic nitrogens is 2. The van der Waals surface area contributed by atoms with Crippen LogP contribution in [-0.2, 0) is 19.5 Å². The van der Waals surface area contributed by atoms with Crippen molar-refractivity contribution in [1.29, 1.82) is 0 Å². The van der Waals surface area contributed by atoms with Gasteiger partial charge in [-0.1, -0.05) is 12.1 Å². The molecule has 0 atom stereocenters. The summed E-state index contributed by atoms with van der Waals surface area (Å²) in [5.74, 6) is -0.852. The number of esters is 1. The molecule has 2 heterocycles. The van der Waals surface area contributed by atoms with E-state index in [2.05, 4.69) is 15.3 Å². The van der Waals surface area contributed by atoms with Crippen LogP contribution in [0.1, 0.15) is 21.7 Å². The van der Waals surface area contributed by atoms with Crippen LogP contribution in [0.2, 0.25) is 0 Å². The molecule has 1 aliphatic rings. The number of nitrogens with zero attached hydrogens (tertiary/aromatic N) is 2. The number of carbonyl (C=O) groups is 2. The first-order chi connectivity index (χ1) is 13.2. The first kappa shape index (κ1) is 23.2. The van der Waals surface area contributed by atoms with Gasteiger partial charge >= 0.3 is 39.3 Å². The Bertz CT molecular complexity index is 1010. The van der Waals surface area contributed by atoms with Crippen LogP contribution in [0.4, 0.5) is 10.7 Å². The molecular formula is C17H20N4O6PbS. The van der Waals surface area contributed by atoms with Gasteiger partial charge in [-0.25, -0.2) is 32.7 Å². The Labute approximate surface area is 187 Å². The molecule has 1 aromatic heterocycles. The number of hydrogen-bond acceptors (Lipinski definition) is 8. The van der Waals surface area contributed by atoms with Crippen molar-refractivity contribution in [2.75, 3.05) is 18.5 Å². The number of ether oxygens (including phenoxy) is 2. The molecular weight excluding hydrogens is 595 g/mol. The van der Waals surface area contributed by atoms with Gasteiger partial charge < -0.3 is 9.47 Å². The van der Waals surface area contributed by atoms with Gasteiger partial charge in [-0.2, -0.15) is 0 Å². The Balaban J connectivity index is 0.00000300. The second kappa shape index (κ2) is 9.58. The van der Waals surface area contributed by atoms with Crippen molar-refractivity contribution >= 4 is 55.3 Å². The van der Waals surface area contributed by atoms with Gasteiger partial charge in [0.25, 0.3) is 10.0 Å². The van der Waals surface area contributed by atoms with Gasteiger partial charge in [-0.05, 0) is 32.0 Å². The van der Waals surface area contributed by atoms with Crippen molar-refractivity contribution in [2.45, 2.75) is 24.8 Å². The standard InChI is InChI=1S/C17H18N4O6S.Pb.2H/c1-10-7-11(2)19-16(18-10)20-17(23)21-28(24,25)14-6-4-3-5-13(14)15(22)27-12-8-26-9-12;;;/h3-7,12H,8-9H2,1-2H3,(H2,18,19,20,21,23);;;. The SMILES string of the molecule is Cc1cc(C)nc(NC(=O)NS(=O)(=O)c2ccccc2C(=O)OC2COC2)n1.[PbH2]. The molecule has 3 rings (SSSR count). The second-order valence-electron chi connectivity index (χ2n) is 6.09. The van der Waals surface area contributed by atoms with Gasteiger partial charge in [0, 0.05) is 11.4 Å². The Morgan fingerprint density at radius 3 is 2.34 bits per heavy atom. The van der Waals surface area contributed by atoms with Gasteiger partial charge in [-0.15, -0.1) is 0 Å². The van der Waals surface area contributed by atoms with Gasteiger partial charge in [0.2, 0.25) is 5.95 Å². The molecule has 10 nitrogen and oxygen atoms in total. The molecule has 2 aromatic rings. The fourth-order valence-corrected chi connectivity index (χ4v) is 3.56. The molecule has 2 N–H and O–H groups in total. The first-order valence-electron chi connectivity index (χ1n) is 8.28. The molecule has 29 heavy (non-hydrogen) atoms. The number of sulfonamides is 1. The molecule has 1 saturated heterocycles. The van der Waals surface area contributed by atoms with Crippen LogP contribution in [0.25, 0.3) is 0 Å². The zero-order valence-corrected chi connectivity index (χ0v) is 22.2. The van der Waals surface area contributed by atoms with Crippen LogP contribution in [-0.4, -0.2) is 77.0 Å². The molecule has 2 radical (unpaired) electrons. The number of amides is 2. The Hall–Kier alpha value is -2.13. The van der Waals surface area contributed by atoms with Crippen LogP contribution in [0.3, 0.4) is 0 Å². The molecule has 2 amide bonds. The number of carbonyl (C=O) groups excluding carboxylic acids is 2. The Morgan fingerprint density at radius 2 is 1.76 bits per heavy atom. The van der Waals surface area contributed by atoms with Crippen molar-refractivity contribution in [3.63, 3.8) is 0 Å². The summed E-state index contributed by atoms with van der Waals surface area (Å²) >= 11 is 0. The summed E-state index contributed by atoms with van der Waals surface area (Å²) in [6.07, 6.45) is -0.416.